The first kappa shape index (κ1) is 14.0. The van der Waals surface area contributed by atoms with Gasteiger partial charge in [0.25, 0.3) is 0 Å². The van der Waals surface area contributed by atoms with Crippen molar-refractivity contribution in [3.63, 3.8) is 0 Å². The Labute approximate surface area is 106 Å². The fourth-order valence-corrected chi connectivity index (χ4v) is 1.61. The molecule has 0 saturated heterocycles. The van der Waals surface area contributed by atoms with Gasteiger partial charge >= 0.3 is 5.97 Å². The summed E-state index contributed by atoms with van der Waals surface area (Å²) in [5.41, 5.74) is 0.734. The summed E-state index contributed by atoms with van der Waals surface area (Å²) >= 11 is 0. The van der Waals surface area contributed by atoms with Crippen molar-refractivity contribution in [1.82, 2.24) is 5.32 Å². The van der Waals surface area contributed by atoms with Crippen molar-refractivity contribution < 1.29 is 19.4 Å². The second-order valence-corrected chi connectivity index (χ2v) is 3.86. The molecule has 0 aliphatic carbocycles. The van der Waals surface area contributed by atoms with Crippen LogP contribution in [0.25, 0.3) is 0 Å². The largest absolute Gasteiger partial charge is 0.496 e. The van der Waals surface area contributed by atoms with Crippen molar-refractivity contribution in [2.45, 2.75) is 25.8 Å². The van der Waals surface area contributed by atoms with Gasteiger partial charge < -0.3 is 15.2 Å². The van der Waals surface area contributed by atoms with Crippen LogP contribution in [0, 0.1) is 0 Å². The third kappa shape index (κ3) is 3.76. The van der Waals surface area contributed by atoms with Gasteiger partial charge in [-0.3, -0.25) is 4.79 Å². The molecular weight excluding hydrogens is 234 g/mol. The summed E-state index contributed by atoms with van der Waals surface area (Å²) in [6.07, 6.45) is 0.459. The van der Waals surface area contributed by atoms with E-state index in [-0.39, 0.29) is 12.3 Å². The van der Waals surface area contributed by atoms with E-state index in [2.05, 4.69) is 5.32 Å². The number of para-hydroxylation sites is 1. The van der Waals surface area contributed by atoms with E-state index in [4.69, 9.17) is 9.84 Å². The second-order valence-electron chi connectivity index (χ2n) is 3.86. The Bertz CT molecular complexity index is 431. The van der Waals surface area contributed by atoms with Crippen LogP contribution < -0.4 is 10.1 Å². The number of amides is 1. The molecule has 1 atom stereocenters. The van der Waals surface area contributed by atoms with Gasteiger partial charge in [-0.05, 0) is 12.5 Å². The molecule has 0 spiro atoms. The van der Waals surface area contributed by atoms with Gasteiger partial charge in [-0.2, -0.15) is 0 Å². The number of hydrogen-bond acceptors (Lipinski definition) is 3. The minimum Gasteiger partial charge on any atom is -0.496 e. The second kappa shape index (κ2) is 6.64. The maximum absolute atomic E-state index is 11.7. The van der Waals surface area contributed by atoms with Crippen LogP contribution in [0.5, 0.6) is 5.75 Å². The lowest BCUT2D eigenvalue weighted by molar-refractivity contribution is -0.141. The molecule has 0 bridgehead atoms. The quantitative estimate of drug-likeness (QED) is 0.797. The Morgan fingerprint density at radius 3 is 2.61 bits per heavy atom. The molecule has 0 unspecified atom stereocenters. The topological polar surface area (TPSA) is 75.6 Å². The minimum absolute atomic E-state index is 0.105. The third-order valence-corrected chi connectivity index (χ3v) is 2.59. The number of aliphatic carboxylic acids is 1. The number of carbonyl (C=O) groups is 2. The molecule has 18 heavy (non-hydrogen) atoms. The maximum Gasteiger partial charge on any atom is 0.326 e. The number of benzene rings is 1. The SMILES string of the molecule is CC[C@@H](NC(=O)Cc1ccccc1OC)C(=O)O. The molecule has 98 valence electrons. The van der Waals surface area contributed by atoms with Crippen LogP contribution in [-0.4, -0.2) is 30.1 Å². The van der Waals surface area contributed by atoms with Gasteiger partial charge in [-0.25, -0.2) is 4.79 Å². The highest BCUT2D eigenvalue weighted by Crippen LogP contribution is 2.17. The predicted octanol–water partition coefficient (Wildman–Crippen LogP) is 1.22. The normalized spacial score (nSPS) is 11.7. The Morgan fingerprint density at radius 1 is 1.39 bits per heavy atom. The van der Waals surface area contributed by atoms with Crippen LogP contribution in [0.15, 0.2) is 24.3 Å². The van der Waals surface area contributed by atoms with Crippen LogP contribution in [-0.2, 0) is 16.0 Å². The average molecular weight is 251 g/mol. The zero-order valence-corrected chi connectivity index (χ0v) is 10.5. The molecule has 5 heteroatoms. The fourth-order valence-electron chi connectivity index (χ4n) is 1.61. The number of carboxylic acid groups (broad SMARTS) is 1. The van der Waals surface area contributed by atoms with Gasteiger partial charge in [0, 0.05) is 5.56 Å². The fraction of sp³-hybridized carbons (Fsp3) is 0.385. The van der Waals surface area contributed by atoms with Crippen LogP contribution in [0.3, 0.4) is 0 Å². The molecule has 1 aromatic rings. The molecule has 1 rings (SSSR count). The van der Waals surface area contributed by atoms with E-state index in [0.717, 1.165) is 5.56 Å². The molecule has 0 heterocycles. The highest BCUT2D eigenvalue weighted by atomic mass is 16.5. The van der Waals surface area contributed by atoms with E-state index in [1.165, 1.54) is 7.11 Å². The van der Waals surface area contributed by atoms with Crippen LogP contribution >= 0.6 is 0 Å². The van der Waals surface area contributed by atoms with E-state index in [9.17, 15) is 9.59 Å². The Morgan fingerprint density at radius 2 is 2.06 bits per heavy atom. The first-order valence-electron chi connectivity index (χ1n) is 5.72. The van der Waals surface area contributed by atoms with Gasteiger partial charge in [-0.1, -0.05) is 25.1 Å². The number of hydrogen-bond donors (Lipinski definition) is 2. The van der Waals surface area contributed by atoms with E-state index >= 15 is 0 Å². The van der Waals surface area contributed by atoms with Crippen molar-refractivity contribution in [2.75, 3.05) is 7.11 Å². The number of carboxylic acids is 1. The molecule has 0 aliphatic rings. The smallest absolute Gasteiger partial charge is 0.326 e. The third-order valence-electron chi connectivity index (χ3n) is 2.59. The van der Waals surface area contributed by atoms with Gasteiger partial charge in [-0.15, -0.1) is 0 Å². The Kier molecular flexibility index (Phi) is 5.17. The van der Waals surface area contributed by atoms with Gasteiger partial charge in [0.2, 0.25) is 5.91 Å². The van der Waals surface area contributed by atoms with Crippen molar-refractivity contribution in [3.8, 4) is 5.75 Å². The van der Waals surface area contributed by atoms with Crippen molar-refractivity contribution in [3.05, 3.63) is 29.8 Å². The molecular formula is C13H17NO4. The van der Waals surface area contributed by atoms with Gasteiger partial charge in [0.15, 0.2) is 0 Å². The van der Waals surface area contributed by atoms with Crippen molar-refractivity contribution in [2.24, 2.45) is 0 Å². The number of rotatable bonds is 6. The number of methoxy groups -OCH3 is 1. The molecule has 0 fully saturated rings. The van der Waals surface area contributed by atoms with E-state index < -0.39 is 12.0 Å². The van der Waals surface area contributed by atoms with Crippen LogP contribution in [0.4, 0.5) is 0 Å². The lowest BCUT2D eigenvalue weighted by Crippen LogP contribution is -2.41. The van der Waals surface area contributed by atoms with Gasteiger partial charge in [0.1, 0.15) is 11.8 Å². The molecule has 0 aliphatic heterocycles. The first-order chi connectivity index (χ1) is 8.58. The van der Waals surface area contributed by atoms with Crippen molar-refractivity contribution in [1.29, 1.82) is 0 Å². The summed E-state index contributed by atoms with van der Waals surface area (Å²) in [5.74, 6) is -0.726. The average Bonchev–Trinajstić information content (AvgIpc) is 2.36. The summed E-state index contributed by atoms with van der Waals surface area (Å²) in [5, 5.41) is 11.3. The molecule has 1 amide bonds. The van der Waals surface area contributed by atoms with E-state index in [1.807, 2.05) is 6.07 Å². The number of carbonyl (C=O) groups excluding carboxylic acids is 1. The lowest BCUT2D eigenvalue weighted by Gasteiger charge is -2.13. The van der Waals surface area contributed by atoms with Crippen LogP contribution in [0.2, 0.25) is 0 Å². The zero-order valence-electron chi connectivity index (χ0n) is 10.5. The minimum atomic E-state index is -1.02. The molecule has 2 N–H and O–H groups in total. The van der Waals surface area contributed by atoms with E-state index in [1.54, 1.807) is 25.1 Å². The predicted molar refractivity (Wildman–Crippen MR) is 66.6 cm³/mol. The molecule has 0 saturated carbocycles. The standard InChI is InChI=1S/C13H17NO4/c1-3-10(13(16)17)14-12(15)8-9-6-4-5-7-11(9)18-2/h4-7,10H,3,8H2,1-2H3,(H,14,15)(H,16,17)/t10-/m1/s1. The molecule has 1 aromatic carbocycles. The Hall–Kier alpha value is -2.04. The molecule has 0 aromatic heterocycles. The molecule has 0 radical (unpaired) electrons. The highest BCUT2D eigenvalue weighted by Gasteiger charge is 2.18. The van der Waals surface area contributed by atoms with E-state index in [0.29, 0.717) is 12.2 Å². The van der Waals surface area contributed by atoms with Gasteiger partial charge in [0.05, 0.1) is 13.5 Å². The summed E-state index contributed by atoms with van der Waals surface area (Å²) in [7, 11) is 1.53. The molecule has 5 nitrogen and oxygen atoms in total. The lowest BCUT2D eigenvalue weighted by atomic mass is 10.1. The summed E-state index contributed by atoms with van der Waals surface area (Å²) in [6, 6.07) is 6.32. The maximum atomic E-state index is 11.7. The monoisotopic (exact) mass is 251 g/mol. The number of ether oxygens (including phenoxy) is 1. The zero-order chi connectivity index (χ0) is 13.5. The highest BCUT2D eigenvalue weighted by molar-refractivity contribution is 5.85. The Balaban J connectivity index is 2.67. The number of nitrogens with one attached hydrogen (secondary N) is 1. The summed E-state index contributed by atoms with van der Waals surface area (Å²) < 4.78 is 5.13. The summed E-state index contributed by atoms with van der Waals surface area (Å²) in [4.78, 5) is 22.5. The summed E-state index contributed by atoms with van der Waals surface area (Å²) in [6.45, 7) is 1.71. The first-order valence-corrected chi connectivity index (χ1v) is 5.72. The van der Waals surface area contributed by atoms with Crippen LogP contribution in [0.1, 0.15) is 18.9 Å². The van der Waals surface area contributed by atoms with Crippen molar-refractivity contribution >= 4 is 11.9 Å².